The predicted octanol–water partition coefficient (Wildman–Crippen LogP) is 3.67. The Morgan fingerprint density at radius 1 is 1.06 bits per heavy atom. The van der Waals surface area contributed by atoms with Crippen LogP contribution in [0.3, 0.4) is 0 Å². The molecule has 2 aromatic rings. The number of alkyl carbamates (subject to hydrolysis) is 1. The molecule has 3 unspecified atom stereocenters. The maximum Gasteiger partial charge on any atom is 0.407 e. The van der Waals surface area contributed by atoms with Crippen LogP contribution < -0.4 is 10.6 Å². The SMILES string of the molecule is CC[C@@H](NC(=O)OCC1c2ccccc2-c2ccccc21)C(=O)NC1CC2CC2(C(=O)O)C1. The van der Waals surface area contributed by atoms with Gasteiger partial charge in [0.1, 0.15) is 12.6 Å². The quantitative estimate of drug-likeness (QED) is 0.599. The molecule has 3 N–H and O–H groups in total. The van der Waals surface area contributed by atoms with Crippen molar-refractivity contribution in [3.8, 4) is 11.1 Å². The molecule has 0 aromatic heterocycles. The van der Waals surface area contributed by atoms with E-state index in [9.17, 15) is 19.5 Å². The molecule has 3 aliphatic rings. The van der Waals surface area contributed by atoms with Gasteiger partial charge in [0.05, 0.1) is 5.41 Å². The van der Waals surface area contributed by atoms with Crippen LogP contribution in [0.15, 0.2) is 48.5 Å². The Hall–Kier alpha value is -3.35. The highest BCUT2D eigenvalue weighted by Crippen LogP contribution is 2.63. The van der Waals surface area contributed by atoms with Gasteiger partial charge in [0.15, 0.2) is 0 Å². The third-order valence-electron chi connectivity index (χ3n) is 7.54. The number of hydrogen-bond donors (Lipinski definition) is 3. The average Bonchev–Trinajstić information content (AvgIpc) is 3.25. The van der Waals surface area contributed by atoms with Crippen LogP contribution in [-0.4, -0.2) is 41.8 Å². The van der Waals surface area contributed by atoms with Crippen LogP contribution in [0.25, 0.3) is 11.1 Å². The number of carbonyl (C=O) groups is 3. The van der Waals surface area contributed by atoms with Gasteiger partial charge in [-0.1, -0.05) is 55.5 Å². The zero-order chi connectivity index (χ0) is 23.2. The number of fused-ring (bicyclic) bond motifs is 4. The smallest absolute Gasteiger partial charge is 0.407 e. The van der Waals surface area contributed by atoms with Crippen LogP contribution in [-0.2, 0) is 14.3 Å². The standard InChI is InChI=1S/C26H28N2O5/c1-2-22(23(29)27-16-11-15-12-26(15,13-16)24(30)31)28-25(32)33-14-21-19-9-5-3-7-17(19)18-8-4-6-10-20(18)21/h3-10,15-16,21-22H,2,11-14H2,1H3,(H,27,29)(H,28,32)(H,30,31)/t15?,16?,22-,26?/m1/s1. The molecular weight excluding hydrogens is 420 g/mol. The van der Waals surface area contributed by atoms with Crippen molar-refractivity contribution in [2.24, 2.45) is 11.3 Å². The zero-order valence-electron chi connectivity index (χ0n) is 18.5. The summed E-state index contributed by atoms with van der Waals surface area (Å²) in [5.74, 6) is -0.962. The first-order valence-corrected chi connectivity index (χ1v) is 11.6. The zero-order valence-corrected chi connectivity index (χ0v) is 18.5. The Kier molecular flexibility index (Phi) is 5.35. The molecule has 7 heteroatoms. The summed E-state index contributed by atoms with van der Waals surface area (Å²) in [4.78, 5) is 36.7. The second-order valence-corrected chi connectivity index (χ2v) is 9.44. The molecule has 172 valence electrons. The molecular formula is C26H28N2O5. The van der Waals surface area contributed by atoms with Gasteiger partial charge in [0.2, 0.25) is 5.91 Å². The fraction of sp³-hybridized carbons (Fsp3) is 0.423. The van der Waals surface area contributed by atoms with Crippen LogP contribution in [0.4, 0.5) is 4.79 Å². The summed E-state index contributed by atoms with van der Waals surface area (Å²) in [5, 5.41) is 15.0. The van der Waals surface area contributed by atoms with Crippen LogP contribution in [0, 0.1) is 11.3 Å². The average molecular weight is 449 g/mol. The van der Waals surface area contributed by atoms with E-state index in [0.717, 1.165) is 22.3 Å². The molecule has 2 saturated carbocycles. The molecule has 0 aliphatic heterocycles. The largest absolute Gasteiger partial charge is 0.481 e. The third kappa shape index (κ3) is 3.75. The molecule has 2 aromatic carbocycles. The highest BCUT2D eigenvalue weighted by atomic mass is 16.5. The summed E-state index contributed by atoms with van der Waals surface area (Å²) in [6.07, 6.45) is 1.62. The second kappa shape index (κ2) is 8.21. The van der Waals surface area contributed by atoms with Crippen LogP contribution in [0.5, 0.6) is 0 Å². The van der Waals surface area contributed by atoms with Crippen LogP contribution in [0.1, 0.15) is 49.7 Å². The number of aliphatic carboxylic acids is 1. The minimum atomic E-state index is -0.770. The van der Waals surface area contributed by atoms with Crippen molar-refractivity contribution in [3.05, 3.63) is 59.7 Å². The lowest BCUT2D eigenvalue weighted by molar-refractivity contribution is -0.143. The van der Waals surface area contributed by atoms with Crippen molar-refractivity contribution >= 4 is 18.0 Å². The lowest BCUT2D eigenvalue weighted by Gasteiger charge is -2.22. The van der Waals surface area contributed by atoms with Gasteiger partial charge in [0.25, 0.3) is 0 Å². The van der Waals surface area contributed by atoms with Gasteiger partial charge in [0, 0.05) is 12.0 Å². The topological polar surface area (TPSA) is 105 Å². The van der Waals surface area contributed by atoms with E-state index >= 15 is 0 Å². The van der Waals surface area contributed by atoms with Gasteiger partial charge in [-0.15, -0.1) is 0 Å². The molecule has 4 atom stereocenters. The van der Waals surface area contributed by atoms with Crippen molar-refractivity contribution in [3.63, 3.8) is 0 Å². The number of nitrogens with one attached hydrogen (secondary N) is 2. The number of amides is 2. The highest BCUT2D eigenvalue weighted by molar-refractivity contribution is 5.86. The summed E-state index contributed by atoms with van der Waals surface area (Å²) in [6.45, 7) is 2.00. The summed E-state index contributed by atoms with van der Waals surface area (Å²) < 4.78 is 5.56. The molecule has 33 heavy (non-hydrogen) atoms. The van der Waals surface area contributed by atoms with E-state index in [0.29, 0.717) is 25.7 Å². The normalized spacial score (nSPS) is 25.4. The molecule has 5 rings (SSSR count). The van der Waals surface area contributed by atoms with Gasteiger partial charge in [-0.25, -0.2) is 4.79 Å². The van der Waals surface area contributed by atoms with Gasteiger partial charge >= 0.3 is 12.1 Å². The van der Waals surface area contributed by atoms with Gasteiger partial charge < -0.3 is 20.5 Å². The molecule has 2 amide bonds. The molecule has 0 spiro atoms. The Morgan fingerprint density at radius 2 is 1.70 bits per heavy atom. The van der Waals surface area contributed by atoms with E-state index in [-0.39, 0.29) is 30.4 Å². The fourth-order valence-electron chi connectivity index (χ4n) is 5.70. The summed E-state index contributed by atoms with van der Waals surface area (Å²) in [7, 11) is 0. The lowest BCUT2D eigenvalue weighted by Crippen LogP contribution is -2.49. The number of hydrogen-bond acceptors (Lipinski definition) is 4. The van der Waals surface area contributed by atoms with Crippen molar-refractivity contribution in [2.45, 2.75) is 50.6 Å². The number of carboxylic acid groups (broad SMARTS) is 1. The van der Waals surface area contributed by atoms with Crippen molar-refractivity contribution in [1.29, 1.82) is 0 Å². The Bertz CT molecular complexity index is 1070. The maximum absolute atomic E-state index is 12.7. The van der Waals surface area contributed by atoms with Gasteiger partial charge in [-0.3, -0.25) is 9.59 Å². The molecule has 3 aliphatic carbocycles. The summed E-state index contributed by atoms with van der Waals surface area (Å²) in [6, 6.07) is 15.3. The molecule has 0 bridgehead atoms. The Morgan fingerprint density at radius 3 is 2.27 bits per heavy atom. The fourth-order valence-corrected chi connectivity index (χ4v) is 5.70. The predicted molar refractivity (Wildman–Crippen MR) is 122 cm³/mol. The number of ether oxygens (including phenoxy) is 1. The highest BCUT2D eigenvalue weighted by Gasteiger charge is 2.65. The first kappa shape index (κ1) is 21.5. The van der Waals surface area contributed by atoms with Crippen molar-refractivity contribution in [2.75, 3.05) is 6.61 Å². The first-order valence-electron chi connectivity index (χ1n) is 11.6. The third-order valence-corrected chi connectivity index (χ3v) is 7.54. The first-order chi connectivity index (χ1) is 15.9. The van der Waals surface area contributed by atoms with E-state index in [1.165, 1.54) is 0 Å². The summed E-state index contributed by atoms with van der Waals surface area (Å²) >= 11 is 0. The van der Waals surface area contributed by atoms with Gasteiger partial charge in [-0.2, -0.15) is 0 Å². The van der Waals surface area contributed by atoms with E-state index < -0.39 is 23.5 Å². The molecule has 0 radical (unpaired) electrons. The maximum atomic E-state index is 12.7. The lowest BCUT2D eigenvalue weighted by atomic mass is 9.98. The monoisotopic (exact) mass is 448 g/mol. The second-order valence-electron chi connectivity index (χ2n) is 9.44. The Balaban J connectivity index is 1.17. The minimum absolute atomic E-state index is 0.0468. The molecule has 7 nitrogen and oxygen atoms in total. The van der Waals surface area contributed by atoms with E-state index in [4.69, 9.17) is 4.74 Å². The number of carboxylic acids is 1. The van der Waals surface area contributed by atoms with Crippen molar-refractivity contribution < 1.29 is 24.2 Å². The van der Waals surface area contributed by atoms with E-state index in [1.54, 1.807) is 0 Å². The molecule has 0 heterocycles. The van der Waals surface area contributed by atoms with E-state index in [2.05, 4.69) is 34.9 Å². The molecule has 2 fully saturated rings. The number of benzene rings is 2. The van der Waals surface area contributed by atoms with E-state index in [1.807, 2.05) is 31.2 Å². The van der Waals surface area contributed by atoms with Gasteiger partial charge in [-0.05, 0) is 53.9 Å². The van der Waals surface area contributed by atoms with Crippen molar-refractivity contribution in [1.82, 2.24) is 10.6 Å². The molecule has 0 saturated heterocycles. The number of rotatable bonds is 7. The van der Waals surface area contributed by atoms with Crippen LogP contribution >= 0.6 is 0 Å². The number of carbonyl (C=O) groups excluding carboxylic acids is 2. The van der Waals surface area contributed by atoms with Crippen LogP contribution in [0.2, 0.25) is 0 Å². The summed E-state index contributed by atoms with van der Waals surface area (Å²) in [5.41, 5.74) is 3.91. The Labute approximate surface area is 192 Å². The minimum Gasteiger partial charge on any atom is -0.481 e.